The van der Waals surface area contributed by atoms with Crippen molar-refractivity contribution in [1.82, 2.24) is 0 Å². The number of rotatable bonds is 6. The minimum absolute atomic E-state index is 0.142. The normalized spacial score (nSPS) is 12.5. The van der Waals surface area contributed by atoms with Gasteiger partial charge in [-0.05, 0) is 25.3 Å². The van der Waals surface area contributed by atoms with E-state index in [1.54, 1.807) is 6.92 Å². The van der Waals surface area contributed by atoms with E-state index in [-0.39, 0.29) is 5.97 Å². The van der Waals surface area contributed by atoms with Crippen molar-refractivity contribution in [2.75, 3.05) is 6.61 Å². The van der Waals surface area contributed by atoms with Gasteiger partial charge in [-0.2, -0.15) is 0 Å². The van der Waals surface area contributed by atoms with E-state index in [9.17, 15) is 4.79 Å². The van der Waals surface area contributed by atoms with E-state index >= 15 is 0 Å². The van der Waals surface area contributed by atoms with Crippen LogP contribution >= 0.6 is 0 Å². The Balaban J connectivity index is 3.74. The number of ether oxygens (including phenoxy) is 1. The molecule has 15 heavy (non-hydrogen) atoms. The maximum atomic E-state index is 10.8. The summed E-state index contributed by atoms with van der Waals surface area (Å²) in [5.74, 6) is 0.451. The molecule has 0 aliphatic rings. The van der Waals surface area contributed by atoms with Crippen LogP contribution in [-0.2, 0) is 9.53 Å². The van der Waals surface area contributed by atoms with Gasteiger partial charge in [0, 0.05) is 6.42 Å². The van der Waals surface area contributed by atoms with Gasteiger partial charge in [-0.25, -0.2) is 0 Å². The second kappa shape index (κ2) is 8.27. The van der Waals surface area contributed by atoms with E-state index in [0.29, 0.717) is 18.9 Å². The molecule has 0 rings (SSSR count). The fourth-order valence-corrected chi connectivity index (χ4v) is 0.988. The monoisotopic (exact) mass is 210 g/mol. The van der Waals surface area contributed by atoms with Crippen molar-refractivity contribution in [3.05, 3.63) is 23.8 Å². The zero-order valence-corrected chi connectivity index (χ0v) is 10.2. The molecule has 0 unspecified atom stereocenters. The van der Waals surface area contributed by atoms with Gasteiger partial charge in [-0.3, -0.25) is 4.79 Å². The number of allylic oxidation sites excluding steroid dienone is 3. The van der Waals surface area contributed by atoms with E-state index < -0.39 is 0 Å². The molecular formula is C13H22O2. The van der Waals surface area contributed by atoms with Crippen molar-refractivity contribution in [3.8, 4) is 0 Å². The molecule has 0 aromatic heterocycles. The molecule has 0 N–H and O–H groups in total. The lowest BCUT2D eigenvalue weighted by Gasteiger charge is -2.00. The lowest BCUT2D eigenvalue weighted by molar-refractivity contribution is -0.141. The molecular weight excluding hydrogens is 188 g/mol. The number of carbonyl (C=O) groups excluding carboxylic acids is 1. The number of hydrogen-bond acceptors (Lipinski definition) is 2. The Morgan fingerprint density at radius 3 is 2.60 bits per heavy atom. The van der Waals surface area contributed by atoms with Crippen LogP contribution in [0.2, 0.25) is 0 Å². The van der Waals surface area contributed by atoms with Crippen LogP contribution in [-0.4, -0.2) is 12.6 Å². The minimum atomic E-state index is -0.142. The van der Waals surface area contributed by atoms with Gasteiger partial charge in [0.15, 0.2) is 0 Å². The molecule has 0 saturated carbocycles. The summed E-state index contributed by atoms with van der Waals surface area (Å²) in [5.41, 5.74) is 1.23. The average molecular weight is 210 g/mol. The van der Waals surface area contributed by atoms with Crippen LogP contribution in [0.5, 0.6) is 0 Å². The Morgan fingerprint density at radius 2 is 2.07 bits per heavy atom. The summed E-state index contributed by atoms with van der Waals surface area (Å²) in [6.45, 7) is 8.54. The third-order valence-electron chi connectivity index (χ3n) is 1.93. The Hall–Kier alpha value is -1.05. The maximum Gasteiger partial charge on any atom is 0.305 e. The molecule has 2 nitrogen and oxygen atoms in total. The molecule has 0 aromatic rings. The summed E-state index contributed by atoms with van der Waals surface area (Å²) in [5, 5.41) is 0. The van der Waals surface area contributed by atoms with Gasteiger partial charge in [-0.15, -0.1) is 0 Å². The van der Waals surface area contributed by atoms with E-state index in [1.807, 2.05) is 13.0 Å². The molecule has 0 saturated heterocycles. The quantitative estimate of drug-likeness (QED) is 0.495. The van der Waals surface area contributed by atoms with Gasteiger partial charge in [0.05, 0.1) is 0 Å². The van der Waals surface area contributed by atoms with Crippen LogP contribution in [0.4, 0.5) is 0 Å². The first-order chi connectivity index (χ1) is 7.06. The molecule has 0 aromatic carbocycles. The molecule has 86 valence electrons. The predicted octanol–water partition coefficient (Wildman–Crippen LogP) is 3.49. The Bertz CT molecular complexity index is 237. The molecule has 0 aliphatic carbocycles. The van der Waals surface area contributed by atoms with Crippen molar-refractivity contribution < 1.29 is 9.53 Å². The third-order valence-corrected chi connectivity index (χ3v) is 1.93. The molecule has 0 radical (unpaired) electrons. The lowest BCUT2D eigenvalue weighted by atomic mass is 10.1. The fourth-order valence-electron chi connectivity index (χ4n) is 0.988. The predicted molar refractivity (Wildman–Crippen MR) is 63.6 cm³/mol. The summed E-state index contributed by atoms with van der Waals surface area (Å²) >= 11 is 0. The SMILES string of the molecule is CCC(=O)OC/C=C(\C)C/C=C/C(C)C. The molecule has 0 atom stereocenters. The average Bonchev–Trinajstić information content (AvgIpc) is 2.17. The fraction of sp³-hybridized carbons (Fsp3) is 0.615. The number of hydrogen-bond donors (Lipinski definition) is 0. The zero-order valence-electron chi connectivity index (χ0n) is 10.2. The zero-order chi connectivity index (χ0) is 11.7. The first kappa shape index (κ1) is 13.9. The third kappa shape index (κ3) is 9.26. The van der Waals surface area contributed by atoms with E-state index in [4.69, 9.17) is 4.74 Å². The van der Waals surface area contributed by atoms with E-state index in [0.717, 1.165) is 6.42 Å². The second-order valence-corrected chi connectivity index (χ2v) is 3.96. The largest absolute Gasteiger partial charge is 0.461 e. The smallest absolute Gasteiger partial charge is 0.305 e. The van der Waals surface area contributed by atoms with E-state index in [1.165, 1.54) is 5.57 Å². The van der Waals surface area contributed by atoms with Gasteiger partial charge < -0.3 is 4.74 Å². The highest BCUT2D eigenvalue weighted by atomic mass is 16.5. The highest BCUT2D eigenvalue weighted by molar-refractivity contribution is 5.68. The van der Waals surface area contributed by atoms with Crippen LogP contribution in [0.25, 0.3) is 0 Å². The first-order valence-corrected chi connectivity index (χ1v) is 5.54. The maximum absolute atomic E-state index is 10.8. The van der Waals surface area contributed by atoms with Crippen LogP contribution in [0, 0.1) is 5.92 Å². The summed E-state index contributed by atoms with van der Waals surface area (Å²) in [4.78, 5) is 10.8. The van der Waals surface area contributed by atoms with Crippen molar-refractivity contribution in [2.24, 2.45) is 5.92 Å². The molecule has 0 spiro atoms. The highest BCUT2D eigenvalue weighted by Gasteiger charge is 1.95. The number of esters is 1. The van der Waals surface area contributed by atoms with Gasteiger partial charge in [0.2, 0.25) is 0 Å². The van der Waals surface area contributed by atoms with Gasteiger partial charge in [0.1, 0.15) is 6.61 Å². The standard InChI is InChI=1S/C13H22O2/c1-5-13(14)15-10-9-12(4)8-6-7-11(2)3/h6-7,9,11H,5,8,10H2,1-4H3/b7-6+,12-9+. The van der Waals surface area contributed by atoms with Gasteiger partial charge >= 0.3 is 5.97 Å². The number of carbonyl (C=O) groups is 1. The summed E-state index contributed by atoms with van der Waals surface area (Å²) in [6, 6.07) is 0. The Kier molecular flexibility index (Phi) is 7.69. The van der Waals surface area contributed by atoms with E-state index in [2.05, 4.69) is 26.0 Å². The Morgan fingerprint density at radius 1 is 1.40 bits per heavy atom. The molecule has 0 amide bonds. The summed E-state index contributed by atoms with van der Waals surface area (Å²) in [6.07, 6.45) is 7.66. The highest BCUT2D eigenvalue weighted by Crippen LogP contribution is 2.03. The second-order valence-electron chi connectivity index (χ2n) is 3.96. The van der Waals surface area contributed by atoms with Crippen LogP contribution < -0.4 is 0 Å². The van der Waals surface area contributed by atoms with Gasteiger partial charge in [0.25, 0.3) is 0 Å². The molecule has 0 aliphatic heterocycles. The molecule has 0 fully saturated rings. The van der Waals surface area contributed by atoms with Crippen LogP contribution in [0.15, 0.2) is 23.8 Å². The van der Waals surface area contributed by atoms with Crippen LogP contribution in [0.3, 0.4) is 0 Å². The summed E-state index contributed by atoms with van der Waals surface area (Å²) in [7, 11) is 0. The first-order valence-electron chi connectivity index (χ1n) is 5.54. The van der Waals surface area contributed by atoms with Crippen molar-refractivity contribution in [2.45, 2.75) is 40.5 Å². The Labute approximate surface area is 93.0 Å². The molecule has 2 heteroatoms. The lowest BCUT2D eigenvalue weighted by Crippen LogP contribution is -2.02. The molecule has 0 bridgehead atoms. The molecule has 0 heterocycles. The minimum Gasteiger partial charge on any atom is -0.461 e. The van der Waals surface area contributed by atoms with Gasteiger partial charge in [-0.1, -0.05) is 38.5 Å². The van der Waals surface area contributed by atoms with Crippen molar-refractivity contribution in [3.63, 3.8) is 0 Å². The van der Waals surface area contributed by atoms with Crippen molar-refractivity contribution in [1.29, 1.82) is 0 Å². The van der Waals surface area contributed by atoms with Crippen LogP contribution in [0.1, 0.15) is 40.5 Å². The van der Waals surface area contributed by atoms with Crippen molar-refractivity contribution >= 4 is 5.97 Å². The topological polar surface area (TPSA) is 26.3 Å². The summed E-state index contributed by atoms with van der Waals surface area (Å²) < 4.78 is 4.95.